The summed E-state index contributed by atoms with van der Waals surface area (Å²) in [6.07, 6.45) is 7.17. The van der Waals surface area contributed by atoms with Gasteiger partial charge in [-0.05, 0) is 30.5 Å². The Bertz CT molecular complexity index is 594. The van der Waals surface area contributed by atoms with Crippen LogP contribution in [0, 0.1) is 0 Å². The maximum atomic E-state index is 12.2. The van der Waals surface area contributed by atoms with Crippen molar-refractivity contribution in [1.29, 1.82) is 0 Å². The quantitative estimate of drug-likeness (QED) is 0.765. The predicted molar refractivity (Wildman–Crippen MR) is 94.2 cm³/mol. The predicted octanol–water partition coefficient (Wildman–Crippen LogP) is 2.51. The van der Waals surface area contributed by atoms with Crippen LogP contribution in [-0.2, 0) is 26.1 Å². The fourth-order valence-electron chi connectivity index (χ4n) is 2.82. The van der Waals surface area contributed by atoms with Crippen LogP contribution >= 0.6 is 0 Å². The number of carbonyl (C=O) groups is 2. The lowest BCUT2D eigenvalue weighted by Crippen LogP contribution is -2.36. The van der Waals surface area contributed by atoms with Gasteiger partial charge in [-0.1, -0.05) is 31.4 Å². The topological polar surface area (TPSA) is 63.7 Å². The molecule has 1 aliphatic rings. The van der Waals surface area contributed by atoms with Gasteiger partial charge in [-0.3, -0.25) is 9.00 Å². The van der Waals surface area contributed by atoms with E-state index < -0.39 is 16.8 Å². The molecule has 0 saturated carbocycles. The molecule has 0 N–H and O–H groups in total. The van der Waals surface area contributed by atoms with Crippen LogP contribution in [0.15, 0.2) is 24.3 Å². The van der Waals surface area contributed by atoms with Crippen LogP contribution in [0.2, 0.25) is 0 Å². The van der Waals surface area contributed by atoms with E-state index in [9.17, 15) is 13.8 Å². The molecule has 24 heavy (non-hydrogen) atoms. The Morgan fingerprint density at radius 2 is 1.79 bits per heavy atom. The van der Waals surface area contributed by atoms with Crippen LogP contribution in [0.4, 0.5) is 0 Å². The van der Waals surface area contributed by atoms with E-state index in [0.717, 1.165) is 44.3 Å². The molecule has 1 amide bonds. The van der Waals surface area contributed by atoms with Crippen LogP contribution in [0.25, 0.3) is 0 Å². The molecule has 2 rings (SSSR count). The average molecular weight is 351 g/mol. The molecule has 1 atom stereocenters. The summed E-state index contributed by atoms with van der Waals surface area (Å²) < 4.78 is 16.5. The zero-order valence-corrected chi connectivity index (χ0v) is 15.0. The Labute approximate surface area is 145 Å². The summed E-state index contributed by atoms with van der Waals surface area (Å²) in [7, 11) is -0.968. The molecule has 1 aromatic rings. The van der Waals surface area contributed by atoms with Crippen molar-refractivity contribution < 1.29 is 18.5 Å². The highest BCUT2D eigenvalue weighted by molar-refractivity contribution is 7.83. The normalized spacial score (nSPS) is 16.8. The second-order valence-corrected chi connectivity index (χ2v) is 7.58. The van der Waals surface area contributed by atoms with Crippen LogP contribution in [0.3, 0.4) is 0 Å². The number of ether oxygens (including phenoxy) is 1. The lowest BCUT2D eigenvalue weighted by atomic mass is 10.1. The SMILES string of the molecule is CS(=O)Cc1cccc(C(=O)OCC(=O)N2CCCCCCC2)c1. The number of hydrogen-bond donors (Lipinski definition) is 0. The van der Waals surface area contributed by atoms with E-state index in [4.69, 9.17) is 4.74 Å². The summed E-state index contributed by atoms with van der Waals surface area (Å²) in [6, 6.07) is 6.87. The number of esters is 1. The molecular formula is C18H25NO4S. The Balaban J connectivity index is 1.87. The van der Waals surface area contributed by atoms with Gasteiger partial charge in [0.25, 0.3) is 5.91 Å². The van der Waals surface area contributed by atoms with Crippen molar-refractivity contribution in [3.63, 3.8) is 0 Å². The molecule has 132 valence electrons. The lowest BCUT2D eigenvalue weighted by molar-refractivity contribution is -0.134. The number of amides is 1. The number of benzene rings is 1. The third-order valence-corrected chi connectivity index (χ3v) is 4.81. The number of carbonyl (C=O) groups excluding carboxylic acids is 2. The molecule has 1 saturated heterocycles. The van der Waals surface area contributed by atoms with Crippen molar-refractivity contribution in [2.75, 3.05) is 26.0 Å². The molecule has 1 unspecified atom stereocenters. The van der Waals surface area contributed by atoms with E-state index in [2.05, 4.69) is 0 Å². The number of likely N-dealkylation sites (tertiary alicyclic amines) is 1. The number of hydrogen-bond acceptors (Lipinski definition) is 4. The third kappa shape index (κ3) is 6.07. The van der Waals surface area contributed by atoms with Gasteiger partial charge in [-0.15, -0.1) is 0 Å². The minimum absolute atomic E-state index is 0.129. The molecule has 0 radical (unpaired) electrons. The highest BCUT2D eigenvalue weighted by Gasteiger charge is 2.17. The molecular weight excluding hydrogens is 326 g/mol. The molecule has 1 fully saturated rings. The summed E-state index contributed by atoms with van der Waals surface area (Å²) in [5.74, 6) is -0.247. The first-order valence-corrected chi connectivity index (χ1v) is 10.1. The van der Waals surface area contributed by atoms with Crippen molar-refractivity contribution in [2.24, 2.45) is 0 Å². The van der Waals surface area contributed by atoms with Gasteiger partial charge in [-0.25, -0.2) is 4.79 Å². The summed E-state index contributed by atoms with van der Waals surface area (Å²) in [5, 5.41) is 0. The summed E-state index contributed by atoms with van der Waals surface area (Å²) in [6.45, 7) is 1.27. The van der Waals surface area contributed by atoms with Crippen molar-refractivity contribution in [3.05, 3.63) is 35.4 Å². The van der Waals surface area contributed by atoms with Gasteiger partial charge in [0.05, 0.1) is 5.56 Å². The van der Waals surface area contributed by atoms with Crippen LogP contribution < -0.4 is 0 Å². The van der Waals surface area contributed by atoms with E-state index in [0.29, 0.717) is 11.3 Å². The summed E-state index contributed by atoms with van der Waals surface area (Å²) in [5.41, 5.74) is 1.21. The average Bonchev–Trinajstić information content (AvgIpc) is 2.51. The molecule has 1 aromatic carbocycles. The smallest absolute Gasteiger partial charge is 0.338 e. The van der Waals surface area contributed by atoms with Crippen LogP contribution in [0.1, 0.15) is 48.0 Å². The first kappa shape index (κ1) is 18.6. The molecule has 0 aromatic heterocycles. The van der Waals surface area contributed by atoms with E-state index in [-0.39, 0.29) is 12.5 Å². The highest BCUT2D eigenvalue weighted by atomic mass is 32.2. The fourth-order valence-corrected chi connectivity index (χ4v) is 3.47. The first-order chi connectivity index (χ1) is 11.6. The van der Waals surface area contributed by atoms with Gasteiger partial charge >= 0.3 is 5.97 Å². The maximum Gasteiger partial charge on any atom is 0.338 e. The van der Waals surface area contributed by atoms with E-state index in [1.54, 1.807) is 29.4 Å². The van der Waals surface area contributed by atoms with E-state index in [1.165, 1.54) is 6.42 Å². The third-order valence-electron chi connectivity index (χ3n) is 4.07. The minimum Gasteiger partial charge on any atom is -0.452 e. The Kier molecular flexibility index (Phi) is 7.43. The molecule has 1 aliphatic heterocycles. The van der Waals surface area contributed by atoms with Crippen molar-refractivity contribution in [3.8, 4) is 0 Å². The van der Waals surface area contributed by atoms with Gasteiger partial charge in [0, 0.05) is 35.9 Å². The molecule has 6 heteroatoms. The Morgan fingerprint density at radius 3 is 2.46 bits per heavy atom. The molecule has 0 bridgehead atoms. The molecule has 1 heterocycles. The summed E-state index contributed by atoms with van der Waals surface area (Å²) >= 11 is 0. The molecule has 0 spiro atoms. The zero-order valence-electron chi connectivity index (χ0n) is 14.2. The Morgan fingerprint density at radius 1 is 1.12 bits per heavy atom. The van der Waals surface area contributed by atoms with Gasteiger partial charge in [0.15, 0.2) is 6.61 Å². The second-order valence-electron chi connectivity index (χ2n) is 6.14. The number of nitrogens with zero attached hydrogens (tertiary/aromatic N) is 1. The molecule has 0 aliphatic carbocycles. The van der Waals surface area contributed by atoms with Crippen LogP contribution in [-0.4, -0.2) is 46.9 Å². The monoisotopic (exact) mass is 351 g/mol. The van der Waals surface area contributed by atoms with Crippen molar-refractivity contribution in [2.45, 2.75) is 37.9 Å². The van der Waals surface area contributed by atoms with Gasteiger partial charge in [-0.2, -0.15) is 0 Å². The first-order valence-electron chi connectivity index (χ1n) is 8.40. The highest BCUT2D eigenvalue weighted by Crippen LogP contribution is 2.12. The second kappa shape index (κ2) is 9.57. The van der Waals surface area contributed by atoms with Gasteiger partial charge < -0.3 is 9.64 Å². The number of rotatable bonds is 5. The summed E-state index contributed by atoms with van der Waals surface area (Å²) in [4.78, 5) is 26.1. The minimum atomic E-state index is -0.968. The zero-order chi connectivity index (χ0) is 17.4. The maximum absolute atomic E-state index is 12.2. The fraction of sp³-hybridized carbons (Fsp3) is 0.556. The standard InChI is InChI=1S/C18H25NO4S/c1-24(22)14-15-8-7-9-16(12-15)18(21)23-13-17(20)19-10-5-3-2-4-6-11-19/h7-9,12H,2-6,10-11,13-14H2,1H3. The lowest BCUT2D eigenvalue weighted by Gasteiger charge is -2.24. The van der Waals surface area contributed by atoms with Crippen LogP contribution in [0.5, 0.6) is 0 Å². The van der Waals surface area contributed by atoms with Gasteiger partial charge in [0.1, 0.15) is 0 Å². The van der Waals surface area contributed by atoms with Crippen molar-refractivity contribution in [1.82, 2.24) is 4.90 Å². The van der Waals surface area contributed by atoms with E-state index in [1.807, 2.05) is 6.07 Å². The van der Waals surface area contributed by atoms with Gasteiger partial charge in [0.2, 0.25) is 0 Å². The largest absolute Gasteiger partial charge is 0.452 e. The van der Waals surface area contributed by atoms with E-state index >= 15 is 0 Å². The van der Waals surface area contributed by atoms with Crippen molar-refractivity contribution >= 4 is 22.7 Å². The molecule has 5 nitrogen and oxygen atoms in total. The Hall–Kier alpha value is -1.69.